The zero-order chi connectivity index (χ0) is 29.9. The number of amides is 4. The van der Waals surface area contributed by atoms with Crippen LogP contribution in [-0.4, -0.2) is 42.0 Å². The van der Waals surface area contributed by atoms with Gasteiger partial charge in [0.2, 0.25) is 11.8 Å². The summed E-state index contributed by atoms with van der Waals surface area (Å²) in [6.45, 7) is 1.65. The molecule has 0 radical (unpaired) electrons. The minimum Gasteiger partial charge on any atom is -0.481 e. The van der Waals surface area contributed by atoms with Crippen molar-refractivity contribution in [3.63, 3.8) is 0 Å². The molecular weight excluding hydrogens is 532 g/mol. The molecule has 0 heterocycles. The van der Waals surface area contributed by atoms with Crippen LogP contribution < -0.4 is 21.3 Å². The zero-order valence-corrected chi connectivity index (χ0v) is 23.3. The highest BCUT2D eigenvalue weighted by molar-refractivity contribution is 5.87. The van der Waals surface area contributed by atoms with E-state index in [0.29, 0.717) is 5.56 Å². The van der Waals surface area contributed by atoms with E-state index in [1.165, 1.54) is 0 Å². The van der Waals surface area contributed by atoms with Crippen molar-refractivity contribution in [2.24, 2.45) is 0 Å². The second-order valence-corrected chi connectivity index (χ2v) is 9.92. The van der Waals surface area contributed by atoms with Crippen LogP contribution in [0.5, 0.6) is 0 Å². The molecular formula is C33H34N4O5. The molecule has 4 rings (SSSR count). The quantitative estimate of drug-likeness (QED) is 0.169. The van der Waals surface area contributed by atoms with Gasteiger partial charge >= 0.3 is 12.0 Å². The van der Waals surface area contributed by atoms with E-state index in [4.69, 9.17) is 0 Å². The maximum absolute atomic E-state index is 12.5. The molecule has 0 bridgehead atoms. The van der Waals surface area contributed by atoms with Gasteiger partial charge in [0.1, 0.15) is 0 Å². The number of urea groups is 1. The molecule has 4 aromatic rings. The molecule has 42 heavy (non-hydrogen) atoms. The predicted molar refractivity (Wildman–Crippen MR) is 162 cm³/mol. The minimum atomic E-state index is -1.06. The molecule has 2 atom stereocenters. The summed E-state index contributed by atoms with van der Waals surface area (Å²) in [5, 5.41) is 22.2. The van der Waals surface area contributed by atoms with Crippen LogP contribution in [-0.2, 0) is 14.4 Å². The lowest BCUT2D eigenvalue weighted by molar-refractivity contribution is -0.138. The van der Waals surface area contributed by atoms with Crippen LogP contribution >= 0.6 is 0 Å². The Labute approximate surface area is 244 Å². The van der Waals surface area contributed by atoms with Crippen molar-refractivity contribution in [1.29, 1.82) is 0 Å². The fourth-order valence-corrected chi connectivity index (χ4v) is 4.72. The van der Waals surface area contributed by atoms with Crippen molar-refractivity contribution in [2.75, 3.05) is 13.1 Å². The number of hydrogen-bond acceptors (Lipinski definition) is 4. The number of fused-ring (bicyclic) bond motifs is 1. The minimum absolute atomic E-state index is 0.0249. The van der Waals surface area contributed by atoms with Crippen molar-refractivity contribution in [3.8, 4) is 11.1 Å². The Hall–Kier alpha value is -5.18. The molecule has 9 heteroatoms. The summed E-state index contributed by atoms with van der Waals surface area (Å²) in [5.74, 6) is -2.00. The molecule has 0 spiro atoms. The van der Waals surface area contributed by atoms with Gasteiger partial charge in [0, 0.05) is 13.0 Å². The van der Waals surface area contributed by atoms with Gasteiger partial charge in [0.25, 0.3) is 0 Å². The first-order chi connectivity index (χ1) is 20.3. The summed E-state index contributed by atoms with van der Waals surface area (Å²) in [7, 11) is 0. The van der Waals surface area contributed by atoms with Crippen LogP contribution in [0.2, 0.25) is 0 Å². The van der Waals surface area contributed by atoms with Gasteiger partial charge in [-0.2, -0.15) is 0 Å². The van der Waals surface area contributed by atoms with Gasteiger partial charge in [-0.1, -0.05) is 97.1 Å². The van der Waals surface area contributed by atoms with E-state index in [9.17, 15) is 24.3 Å². The van der Waals surface area contributed by atoms with Crippen LogP contribution in [0, 0.1) is 0 Å². The second-order valence-electron chi connectivity index (χ2n) is 9.92. The Morgan fingerprint density at radius 3 is 2.12 bits per heavy atom. The summed E-state index contributed by atoms with van der Waals surface area (Å²) in [5.41, 5.74) is 3.62. The molecule has 2 unspecified atom stereocenters. The highest BCUT2D eigenvalue weighted by atomic mass is 16.4. The van der Waals surface area contributed by atoms with Crippen LogP contribution in [0.15, 0.2) is 97.1 Å². The topological polar surface area (TPSA) is 137 Å². The number of carbonyl (C=O) groups excluding carboxylic acids is 3. The molecule has 0 aliphatic heterocycles. The van der Waals surface area contributed by atoms with Gasteiger partial charge < -0.3 is 26.4 Å². The molecule has 5 N–H and O–H groups in total. The molecule has 216 valence electrons. The van der Waals surface area contributed by atoms with Crippen molar-refractivity contribution >= 4 is 34.6 Å². The standard InChI is InChI=1S/C33H34N4O5/c1-22(27-13-7-11-25-10-5-6-12-28(25)27)36-33(42)34-19-18-30(38)35-21-31(39)37-29(20-32(40)41)26-16-14-24(15-17-26)23-8-3-2-4-9-23/h2-17,22,29H,18-21H2,1H3,(H,35,38)(H,37,39)(H,40,41)(H2,34,36,42). The van der Waals surface area contributed by atoms with E-state index in [1.54, 1.807) is 12.1 Å². The van der Waals surface area contributed by atoms with Crippen molar-refractivity contribution in [1.82, 2.24) is 21.3 Å². The highest BCUT2D eigenvalue weighted by Gasteiger charge is 2.19. The van der Waals surface area contributed by atoms with E-state index in [0.717, 1.165) is 27.5 Å². The van der Waals surface area contributed by atoms with Crippen molar-refractivity contribution in [2.45, 2.75) is 31.8 Å². The summed E-state index contributed by atoms with van der Waals surface area (Å²) < 4.78 is 0. The third kappa shape index (κ3) is 8.41. The predicted octanol–water partition coefficient (Wildman–Crippen LogP) is 4.71. The Balaban J connectivity index is 1.21. The van der Waals surface area contributed by atoms with E-state index >= 15 is 0 Å². The van der Waals surface area contributed by atoms with Gasteiger partial charge in [0.15, 0.2) is 0 Å². The van der Waals surface area contributed by atoms with E-state index in [2.05, 4.69) is 21.3 Å². The smallest absolute Gasteiger partial charge is 0.315 e. The number of rotatable bonds is 12. The second kappa shape index (κ2) is 14.5. The Morgan fingerprint density at radius 2 is 1.38 bits per heavy atom. The maximum atomic E-state index is 12.5. The van der Waals surface area contributed by atoms with Crippen molar-refractivity contribution in [3.05, 3.63) is 108 Å². The SMILES string of the molecule is CC(NC(=O)NCCC(=O)NCC(=O)NC(CC(=O)O)c1ccc(-c2ccccc2)cc1)c1cccc2ccccc12. The van der Waals surface area contributed by atoms with Gasteiger partial charge in [-0.3, -0.25) is 14.4 Å². The van der Waals surface area contributed by atoms with Crippen LogP contribution in [0.4, 0.5) is 4.79 Å². The summed E-state index contributed by atoms with van der Waals surface area (Å²) >= 11 is 0. The number of carboxylic acids is 1. The third-order valence-corrected chi connectivity index (χ3v) is 6.86. The van der Waals surface area contributed by atoms with Crippen LogP contribution in [0.25, 0.3) is 21.9 Å². The van der Waals surface area contributed by atoms with Crippen LogP contribution in [0.1, 0.15) is 43.0 Å². The molecule has 0 fully saturated rings. The molecule has 0 saturated heterocycles. The highest BCUT2D eigenvalue weighted by Crippen LogP contribution is 2.25. The largest absolute Gasteiger partial charge is 0.481 e. The fraction of sp³-hybridized carbons (Fsp3) is 0.212. The normalized spacial score (nSPS) is 12.1. The number of carbonyl (C=O) groups is 4. The number of carboxylic acid groups (broad SMARTS) is 1. The molecule has 4 aromatic carbocycles. The molecule has 0 aliphatic carbocycles. The van der Waals surface area contributed by atoms with E-state index in [1.807, 2.05) is 91.9 Å². The molecule has 0 saturated carbocycles. The number of aliphatic carboxylic acids is 1. The molecule has 0 aliphatic rings. The zero-order valence-electron chi connectivity index (χ0n) is 23.3. The molecule has 4 amide bonds. The number of nitrogens with one attached hydrogen (secondary N) is 4. The van der Waals surface area contributed by atoms with E-state index < -0.39 is 29.9 Å². The summed E-state index contributed by atoms with van der Waals surface area (Å²) in [6.07, 6.45) is -0.330. The average Bonchev–Trinajstić information content (AvgIpc) is 2.99. The average molecular weight is 567 g/mol. The summed E-state index contributed by atoms with van der Waals surface area (Å²) in [6, 6.07) is 29.5. The Bertz CT molecular complexity index is 1530. The van der Waals surface area contributed by atoms with Gasteiger partial charge in [-0.05, 0) is 39.9 Å². The third-order valence-electron chi connectivity index (χ3n) is 6.86. The first-order valence-corrected chi connectivity index (χ1v) is 13.8. The van der Waals surface area contributed by atoms with Gasteiger partial charge in [0.05, 0.1) is 25.0 Å². The molecule has 9 nitrogen and oxygen atoms in total. The lowest BCUT2D eigenvalue weighted by Crippen LogP contribution is -2.41. The first-order valence-electron chi connectivity index (χ1n) is 13.8. The van der Waals surface area contributed by atoms with Crippen molar-refractivity contribution < 1.29 is 24.3 Å². The van der Waals surface area contributed by atoms with Gasteiger partial charge in [-0.25, -0.2) is 4.79 Å². The monoisotopic (exact) mass is 566 g/mol. The Morgan fingerprint density at radius 1 is 0.714 bits per heavy atom. The lowest BCUT2D eigenvalue weighted by atomic mass is 9.99. The number of benzene rings is 4. The van der Waals surface area contributed by atoms with E-state index in [-0.39, 0.29) is 32.0 Å². The van der Waals surface area contributed by atoms with Gasteiger partial charge in [-0.15, -0.1) is 0 Å². The lowest BCUT2D eigenvalue weighted by Gasteiger charge is -2.18. The Kier molecular flexibility index (Phi) is 10.3. The maximum Gasteiger partial charge on any atom is 0.315 e. The molecule has 0 aromatic heterocycles. The first kappa shape index (κ1) is 29.8. The summed E-state index contributed by atoms with van der Waals surface area (Å²) in [4.78, 5) is 48.6. The number of hydrogen-bond donors (Lipinski definition) is 5. The fourth-order valence-electron chi connectivity index (χ4n) is 4.72. The van der Waals surface area contributed by atoms with Crippen LogP contribution in [0.3, 0.4) is 0 Å².